The normalized spacial score (nSPS) is 17.4. The summed E-state index contributed by atoms with van der Waals surface area (Å²) < 4.78 is 20.9. The first-order chi connectivity index (χ1) is 15.5. The fraction of sp³-hybridized carbons (Fsp3) is 0.318. The van der Waals surface area contributed by atoms with Gasteiger partial charge in [-0.3, -0.25) is 4.79 Å². The third kappa shape index (κ3) is 4.68. The molecule has 0 aliphatic carbocycles. The smallest absolute Gasteiger partial charge is 0.240 e. The van der Waals surface area contributed by atoms with Gasteiger partial charge in [-0.15, -0.1) is 10.2 Å². The first-order valence-corrected chi connectivity index (χ1v) is 11.6. The number of amides is 1. The first-order valence-electron chi connectivity index (χ1n) is 10.4. The SMILES string of the molecule is CCCc1nnc2n1N[C@H](c1ccc(OCC)cc1)[C@H](C(=O)Nc1ccc(F)c(Cl)c1)S2. The number of thioether (sulfide) groups is 1. The molecule has 2 N–H and O–H groups in total. The van der Waals surface area contributed by atoms with Gasteiger partial charge in [-0.1, -0.05) is 42.4 Å². The van der Waals surface area contributed by atoms with Gasteiger partial charge in [-0.05, 0) is 49.2 Å². The summed E-state index contributed by atoms with van der Waals surface area (Å²) in [6.45, 7) is 4.58. The van der Waals surface area contributed by atoms with Crippen molar-refractivity contribution in [1.29, 1.82) is 0 Å². The number of carbonyl (C=O) groups is 1. The Morgan fingerprint density at radius 3 is 2.72 bits per heavy atom. The number of ether oxygens (including phenoxy) is 1. The third-order valence-electron chi connectivity index (χ3n) is 4.97. The topological polar surface area (TPSA) is 81.1 Å². The van der Waals surface area contributed by atoms with E-state index in [2.05, 4.69) is 27.9 Å². The molecule has 0 unspecified atom stereocenters. The Morgan fingerprint density at radius 2 is 2.03 bits per heavy atom. The molecule has 0 fully saturated rings. The van der Waals surface area contributed by atoms with E-state index in [4.69, 9.17) is 16.3 Å². The van der Waals surface area contributed by atoms with E-state index in [-0.39, 0.29) is 17.0 Å². The van der Waals surface area contributed by atoms with Crippen LogP contribution in [0.3, 0.4) is 0 Å². The highest BCUT2D eigenvalue weighted by Gasteiger charge is 2.37. The number of fused-ring (bicyclic) bond motifs is 1. The first kappa shape index (κ1) is 22.4. The van der Waals surface area contributed by atoms with Crippen LogP contribution in [-0.4, -0.2) is 32.6 Å². The van der Waals surface area contributed by atoms with E-state index in [0.717, 1.165) is 30.0 Å². The molecule has 2 atom stereocenters. The Hall–Kier alpha value is -2.78. The molecule has 1 aliphatic heterocycles. The van der Waals surface area contributed by atoms with Gasteiger partial charge in [0.15, 0.2) is 5.82 Å². The highest BCUT2D eigenvalue weighted by molar-refractivity contribution is 8.00. The number of hydrogen-bond acceptors (Lipinski definition) is 6. The number of rotatable bonds is 7. The van der Waals surface area contributed by atoms with E-state index >= 15 is 0 Å². The average molecular weight is 476 g/mol. The molecule has 1 aromatic heterocycles. The maximum Gasteiger partial charge on any atom is 0.240 e. The minimum absolute atomic E-state index is 0.0516. The van der Waals surface area contributed by atoms with Crippen LogP contribution in [0.2, 0.25) is 5.02 Å². The zero-order chi connectivity index (χ0) is 22.7. The molecule has 168 valence electrons. The van der Waals surface area contributed by atoms with E-state index in [1.165, 1.54) is 30.0 Å². The average Bonchev–Trinajstić information content (AvgIpc) is 3.18. The van der Waals surface area contributed by atoms with Gasteiger partial charge in [0.25, 0.3) is 0 Å². The fourth-order valence-corrected chi connectivity index (χ4v) is 4.74. The summed E-state index contributed by atoms with van der Waals surface area (Å²) in [5, 5.41) is 11.4. The Morgan fingerprint density at radius 1 is 1.25 bits per heavy atom. The number of hydrogen-bond donors (Lipinski definition) is 2. The summed E-state index contributed by atoms with van der Waals surface area (Å²) in [7, 11) is 0. The second kappa shape index (κ2) is 9.79. The van der Waals surface area contributed by atoms with Crippen LogP contribution >= 0.6 is 23.4 Å². The quantitative estimate of drug-likeness (QED) is 0.510. The lowest BCUT2D eigenvalue weighted by Gasteiger charge is -2.33. The van der Waals surface area contributed by atoms with Crippen LogP contribution in [0.25, 0.3) is 0 Å². The highest BCUT2D eigenvalue weighted by Crippen LogP contribution is 2.38. The second-order valence-electron chi connectivity index (χ2n) is 7.25. The molecule has 2 heterocycles. The van der Waals surface area contributed by atoms with Crippen LogP contribution in [-0.2, 0) is 11.2 Å². The van der Waals surface area contributed by atoms with E-state index in [9.17, 15) is 9.18 Å². The van der Waals surface area contributed by atoms with Gasteiger partial charge < -0.3 is 15.5 Å². The molecule has 2 aromatic carbocycles. The molecule has 0 bridgehead atoms. The molecule has 10 heteroatoms. The Bertz CT molecular complexity index is 1110. The number of halogens is 2. The number of nitrogens with zero attached hydrogens (tertiary/aromatic N) is 3. The van der Waals surface area contributed by atoms with Crippen LogP contribution in [0, 0.1) is 5.82 Å². The number of aromatic nitrogens is 3. The standard InChI is InChI=1S/C22H23ClFN5O2S/c1-3-5-18-26-27-22-29(18)28-19(13-6-9-15(10-7-13)31-4-2)20(32-22)21(30)25-14-8-11-17(24)16(23)12-14/h6-12,19-20,28H,3-5H2,1-2H3,(H,25,30)/t19-,20-/m1/s1. The molecule has 1 aliphatic rings. The molecule has 32 heavy (non-hydrogen) atoms. The minimum Gasteiger partial charge on any atom is -0.494 e. The van der Waals surface area contributed by atoms with Crippen molar-refractivity contribution in [2.75, 3.05) is 17.3 Å². The minimum atomic E-state index is -0.553. The molecule has 0 saturated carbocycles. The lowest BCUT2D eigenvalue weighted by Crippen LogP contribution is -2.41. The van der Waals surface area contributed by atoms with Gasteiger partial charge in [-0.2, -0.15) is 0 Å². The van der Waals surface area contributed by atoms with Gasteiger partial charge in [0, 0.05) is 12.1 Å². The molecule has 0 saturated heterocycles. The van der Waals surface area contributed by atoms with Gasteiger partial charge in [0.1, 0.15) is 16.8 Å². The van der Waals surface area contributed by atoms with E-state index in [1.54, 1.807) is 0 Å². The maximum atomic E-state index is 13.5. The van der Waals surface area contributed by atoms with Crippen molar-refractivity contribution in [2.24, 2.45) is 0 Å². The molecule has 4 rings (SSSR count). The second-order valence-corrected chi connectivity index (χ2v) is 8.77. The third-order valence-corrected chi connectivity index (χ3v) is 6.48. The lowest BCUT2D eigenvalue weighted by atomic mass is 10.0. The number of nitrogens with one attached hydrogen (secondary N) is 2. The molecule has 1 amide bonds. The zero-order valence-corrected chi connectivity index (χ0v) is 19.2. The van der Waals surface area contributed by atoms with Crippen molar-refractivity contribution >= 4 is 35.0 Å². The van der Waals surface area contributed by atoms with Crippen LogP contribution in [0.5, 0.6) is 5.75 Å². The summed E-state index contributed by atoms with van der Waals surface area (Å²) in [4.78, 5) is 13.3. The fourth-order valence-electron chi connectivity index (χ4n) is 3.46. The van der Waals surface area contributed by atoms with Gasteiger partial charge in [0.05, 0.1) is 17.7 Å². The summed E-state index contributed by atoms with van der Waals surface area (Å²) in [6, 6.07) is 11.4. The predicted molar refractivity (Wildman–Crippen MR) is 123 cm³/mol. The largest absolute Gasteiger partial charge is 0.494 e. The van der Waals surface area contributed by atoms with Gasteiger partial charge in [0.2, 0.25) is 11.1 Å². The van der Waals surface area contributed by atoms with Crippen molar-refractivity contribution in [3.8, 4) is 5.75 Å². The van der Waals surface area contributed by atoms with E-state index in [1.807, 2.05) is 35.9 Å². The van der Waals surface area contributed by atoms with Crippen LogP contribution in [0.15, 0.2) is 47.6 Å². The summed E-state index contributed by atoms with van der Waals surface area (Å²) in [5.41, 5.74) is 4.76. The molecule has 0 spiro atoms. The molecule has 0 radical (unpaired) electrons. The number of carbonyl (C=O) groups excluding carboxylic acids is 1. The Kier molecular flexibility index (Phi) is 6.86. The van der Waals surface area contributed by atoms with Crippen molar-refractivity contribution in [1.82, 2.24) is 14.9 Å². The van der Waals surface area contributed by atoms with Crippen molar-refractivity contribution in [2.45, 2.75) is 43.1 Å². The van der Waals surface area contributed by atoms with Crippen molar-refractivity contribution in [3.05, 3.63) is 64.7 Å². The van der Waals surface area contributed by atoms with Crippen molar-refractivity contribution < 1.29 is 13.9 Å². The number of anilines is 1. The van der Waals surface area contributed by atoms with Crippen LogP contribution in [0.1, 0.15) is 37.7 Å². The molecule has 3 aromatic rings. The number of aryl methyl sites for hydroxylation is 1. The van der Waals surface area contributed by atoms with E-state index in [0.29, 0.717) is 17.5 Å². The monoisotopic (exact) mass is 475 g/mol. The van der Waals surface area contributed by atoms with Crippen LogP contribution < -0.4 is 15.5 Å². The maximum absolute atomic E-state index is 13.5. The van der Waals surface area contributed by atoms with Crippen molar-refractivity contribution in [3.63, 3.8) is 0 Å². The van der Waals surface area contributed by atoms with Crippen LogP contribution in [0.4, 0.5) is 10.1 Å². The Labute approximate surface area is 194 Å². The molecular weight excluding hydrogens is 453 g/mol. The van der Waals surface area contributed by atoms with E-state index < -0.39 is 11.1 Å². The predicted octanol–water partition coefficient (Wildman–Crippen LogP) is 4.82. The molecule has 7 nitrogen and oxygen atoms in total. The zero-order valence-electron chi connectivity index (χ0n) is 17.6. The Balaban J connectivity index is 1.64. The highest BCUT2D eigenvalue weighted by atomic mass is 35.5. The summed E-state index contributed by atoms with van der Waals surface area (Å²) in [6.07, 6.45) is 1.69. The summed E-state index contributed by atoms with van der Waals surface area (Å²) in [5.74, 6) is 0.783. The van der Waals surface area contributed by atoms with Gasteiger partial charge in [-0.25, -0.2) is 9.07 Å². The number of benzene rings is 2. The van der Waals surface area contributed by atoms with Gasteiger partial charge >= 0.3 is 0 Å². The summed E-state index contributed by atoms with van der Waals surface area (Å²) >= 11 is 7.20. The lowest BCUT2D eigenvalue weighted by molar-refractivity contribution is -0.116. The molecular formula is C22H23ClFN5O2S.